The molecule has 2 aliphatic carbocycles. The first-order chi connectivity index (χ1) is 12.4. The first-order valence-corrected chi connectivity index (χ1v) is 11.4. The zero-order valence-corrected chi connectivity index (χ0v) is 18.2. The van der Waals surface area contributed by atoms with E-state index < -0.39 is 0 Å². The van der Waals surface area contributed by atoms with Crippen molar-refractivity contribution < 1.29 is 30.7 Å². The summed E-state index contributed by atoms with van der Waals surface area (Å²) in [4.78, 5) is 11.6. The maximum atomic E-state index is 11.6. The van der Waals surface area contributed by atoms with Crippen LogP contribution in [0.4, 0.5) is 0 Å². The van der Waals surface area contributed by atoms with Crippen LogP contribution < -0.4 is 25.9 Å². The summed E-state index contributed by atoms with van der Waals surface area (Å²) >= 11 is -0.0449. The summed E-state index contributed by atoms with van der Waals surface area (Å²) in [6.45, 7) is 6.67. The second-order valence-electron chi connectivity index (χ2n) is 7.96. The lowest BCUT2D eigenvalue weighted by atomic mass is 9.70. The Labute approximate surface area is 167 Å². The molecule has 2 saturated carbocycles. The number of Topliss-reactive ketones (excluding diaryl/α,β-unsaturated/α-hetero) is 1. The topological polar surface area (TPSA) is 26.3 Å². The van der Waals surface area contributed by atoms with Crippen LogP contribution in [0, 0.1) is 23.9 Å². The van der Waals surface area contributed by atoms with E-state index in [0.29, 0.717) is 11.7 Å². The molecular weight excluding hydrogens is 435 g/mol. The van der Waals surface area contributed by atoms with E-state index in [1.807, 2.05) is 12.1 Å². The lowest BCUT2D eigenvalue weighted by Crippen LogP contribution is -3.61. The van der Waals surface area contributed by atoms with Crippen molar-refractivity contribution in [3.63, 3.8) is 0 Å². The van der Waals surface area contributed by atoms with Crippen molar-refractivity contribution >= 4 is 5.78 Å². The summed E-state index contributed by atoms with van der Waals surface area (Å²) in [5, 5.41) is 0. The molecule has 2 nitrogen and oxygen atoms in total. The Balaban J connectivity index is 0.000000158. The van der Waals surface area contributed by atoms with Crippen molar-refractivity contribution in [3.05, 3.63) is 61.7 Å². The van der Waals surface area contributed by atoms with E-state index in [0.717, 1.165) is 18.6 Å². The summed E-state index contributed by atoms with van der Waals surface area (Å²) in [5.41, 5.74) is 0.307. The van der Waals surface area contributed by atoms with Gasteiger partial charge in [0.15, 0.2) is 7.14 Å². The Morgan fingerprint density at radius 3 is 2.00 bits per heavy atom. The molecule has 0 radical (unpaired) electrons. The van der Waals surface area contributed by atoms with Crippen LogP contribution in [0.5, 0.6) is 5.75 Å². The summed E-state index contributed by atoms with van der Waals surface area (Å²) < 4.78 is 7.99. The van der Waals surface area contributed by atoms with E-state index in [2.05, 4.69) is 63.2 Å². The van der Waals surface area contributed by atoms with Crippen molar-refractivity contribution in [2.45, 2.75) is 40.0 Å². The lowest BCUT2D eigenvalue weighted by Gasteiger charge is -2.32. The van der Waals surface area contributed by atoms with Gasteiger partial charge < -0.3 is 4.74 Å². The van der Waals surface area contributed by atoms with E-state index in [1.165, 1.54) is 13.6 Å². The number of carbonyl (C=O) groups is 1. The van der Waals surface area contributed by atoms with Crippen LogP contribution in [0.3, 0.4) is 0 Å². The summed E-state index contributed by atoms with van der Waals surface area (Å²) in [5.74, 6) is 2.12. The average Bonchev–Trinajstić information content (AvgIpc) is 2.97. The van der Waals surface area contributed by atoms with E-state index in [1.54, 1.807) is 7.11 Å². The fraction of sp³-hybridized carbons (Fsp3) is 0.435. The third kappa shape index (κ3) is 3.68. The van der Waals surface area contributed by atoms with E-state index in [4.69, 9.17) is 4.74 Å². The number of carbonyl (C=O) groups excluding carboxylic acids is 1. The predicted octanol–water partition coefficient (Wildman–Crippen LogP) is 2.23. The number of hydrogen-bond acceptors (Lipinski definition) is 2. The van der Waals surface area contributed by atoms with Gasteiger partial charge in [-0.2, -0.15) is 0 Å². The van der Waals surface area contributed by atoms with Gasteiger partial charge in [0.2, 0.25) is 0 Å². The molecule has 0 saturated heterocycles. The van der Waals surface area contributed by atoms with Crippen LogP contribution in [0.2, 0.25) is 0 Å². The van der Waals surface area contributed by atoms with Gasteiger partial charge >= 0.3 is 21.2 Å². The molecule has 138 valence electrons. The average molecular weight is 463 g/mol. The molecule has 2 atom stereocenters. The maximum Gasteiger partial charge on any atom is 0.357 e. The van der Waals surface area contributed by atoms with Gasteiger partial charge in [0.1, 0.15) is 11.5 Å². The molecule has 2 aliphatic rings. The molecule has 0 aromatic heterocycles. The minimum absolute atomic E-state index is 0.0255. The number of benzene rings is 2. The van der Waals surface area contributed by atoms with Crippen LogP contribution in [0.1, 0.15) is 40.0 Å². The van der Waals surface area contributed by atoms with Gasteiger partial charge in [-0.25, -0.2) is 0 Å². The lowest BCUT2D eigenvalue weighted by molar-refractivity contribution is -0.597. The van der Waals surface area contributed by atoms with Crippen molar-refractivity contribution in [2.75, 3.05) is 7.11 Å². The van der Waals surface area contributed by atoms with Gasteiger partial charge in [-0.1, -0.05) is 39.0 Å². The Hall–Kier alpha value is -1.36. The Bertz CT molecular complexity index is 752. The highest BCUT2D eigenvalue weighted by Gasteiger charge is 2.61. The molecule has 4 rings (SSSR count). The largest absolute Gasteiger partial charge is 0.497 e. The molecule has 2 aromatic carbocycles. The van der Waals surface area contributed by atoms with Gasteiger partial charge in [0, 0.05) is 11.8 Å². The minimum Gasteiger partial charge on any atom is -0.497 e. The fourth-order valence-corrected chi connectivity index (χ4v) is 6.35. The molecule has 0 aliphatic heterocycles. The number of ether oxygens (including phenoxy) is 1. The number of ketones is 1. The molecule has 0 heterocycles. The predicted molar refractivity (Wildman–Crippen MR) is 101 cm³/mol. The van der Waals surface area contributed by atoms with Crippen LogP contribution in [-0.2, 0) is 4.79 Å². The molecule has 0 amide bonds. The molecule has 2 aromatic rings. The van der Waals surface area contributed by atoms with Crippen molar-refractivity contribution in [1.29, 1.82) is 0 Å². The van der Waals surface area contributed by atoms with Gasteiger partial charge in [-0.3, -0.25) is 4.79 Å². The first kappa shape index (κ1) is 19.4. The van der Waals surface area contributed by atoms with Gasteiger partial charge in [0.25, 0.3) is 0 Å². The Morgan fingerprint density at radius 2 is 1.58 bits per heavy atom. The second kappa shape index (κ2) is 7.71. The van der Waals surface area contributed by atoms with E-state index in [9.17, 15) is 4.79 Å². The highest BCUT2D eigenvalue weighted by atomic mass is 127. The Morgan fingerprint density at radius 1 is 0.962 bits per heavy atom. The zero-order chi connectivity index (χ0) is 18.8. The number of hydrogen-bond donors (Lipinski definition) is 0. The Kier molecular flexibility index (Phi) is 5.75. The van der Waals surface area contributed by atoms with Crippen LogP contribution >= 0.6 is 0 Å². The molecule has 0 N–H and O–H groups in total. The van der Waals surface area contributed by atoms with Crippen molar-refractivity contribution in [3.8, 4) is 5.75 Å². The van der Waals surface area contributed by atoms with Crippen LogP contribution in [-0.4, -0.2) is 12.9 Å². The summed E-state index contributed by atoms with van der Waals surface area (Å²) in [6, 6.07) is 19.0. The maximum absolute atomic E-state index is 11.6. The van der Waals surface area contributed by atoms with Gasteiger partial charge in [0.05, 0.1) is 7.11 Å². The smallest absolute Gasteiger partial charge is 0.357 e. The SMILES string of the molecule is CC12CCC(CC1=O)C2(C)C.COc1ccc([I+]c2ccccc2)cc1. The standard InChI is InChI=1S/C13H12IO.C10H16O/c1-15-13-9-7-12(8-10-13)14-11-5-3-2-4-6-11;1-9(2)7-4-5-10(9,3)8(11)6-7/h2-10H,1H3;7H,4-6H2,1-3H3/q+1;. The summed E-state index contributed by atoms with van der Waals surface area (Å²) in [6.07, 6.45) is 3.25. The third-order valence-electron chi connectivity index (χ3n) is 6.48. The number of fused-ring (bicyclic) bond motifs is 2. The van der Waals surface area contributed by atoms with E-state index >= 15 is 0 Å². The molecule has 3 heteroatoms. The van der Waals surface area contributed by atoms with Crippen LogP contribution in [0.25, 0.3) is 0 Å². The molecule has 0 spiro atoms. The molecule has 2 bridgehead atoms. The van der Waals surface area contributed by atoms with Gasteiger partial charge in [-0.05, 0) is 60.6 Å². The highest BCUT2D eigenvalue weighted by molar-refractivity contribution is 5.89. The monoisotopic (exact) mass is 463 g/mol. The fourth-order valence-electron chi connectivity index (χ4n) is 4.14. The number of rotatable bonds is 3. The second-order valence-corrected chi connectivity index (χ2v) is 11.0. The summed E-state index contributed by atoms with van der Waals surface area (Å²) in [7, 11) is 1.70. The molecule has 26 heavy (non-hydrogen) atoms. The van der Waals surface area contributed by atoms with Crippen LogP contribution in [0.15, 0.2) is 54.6 Å². The quantitative estimate of drug-likeness (QED) is 0.653. The minimum atomic E-state index is -0.0449. The third-order valence-corrected chi connectivity index (χ3v) is 9.17. The van der Waals surface area contributed by atoms with E-state index in [-0.39, 0.29) is 32.0 Å². The first-order valence-electron chi connectivity index (χ1n) is 9.24. The molecule has 2 fully saturated rings. The normalized spacial score (nSPS) is 25.5. The molecular formula is C23H28IO2+. The van der Waals surface area contributed by atoms with Crippen molar-refractivity contribution in [1.82, 2.24) is 0 Å². The number of methoxy groups -OCH3 is 1. The van der Waals surface area contributed by atoms with Crippen molar-refractivity contribution in [2.24, 2.45) is 16.7 Å². The zero-order valence-electron chi connectivity index (χ0n) is 16.1. The van der Waals surface area contributed by atoms with Gasteiger partial charge in [-0.15, -0.1) is 0 Å². The number of halogens is 1. The highest BCUT2D eigenvalue weighted by Crippen LogP contribution is 2.63. The molecule has 2 unspecified atom stereocenters.